The van der Waals surface area contributed by atoms with Gasteiger partial charge in [0.25, 0.3) is 0 Å². The van der Waals surface area contributed by atoms with E-state index in [0.29, 0.717) is 6.61 Å². The minimum Gasteiger partial charge on any atom is -0.434 e. The first-order chi connectivity index (χ1) is 5.31. The van der Waals surface area contributed by atoms with Crippen molar-refractivity contribution in [1.82, 2.24) is 0 Å². The zero-order chi connectivity index (χ0) is 8.53. The van der Waals surface area contributed by atoms with E-state index in [2.05, 4.69) is 28.8 Å². The van der Waals surface area contributed by atoms with Crippen LogP contribution in [0.15, 0.2) is 0 Å². The molecule has 0 heterocycles. The molecule has 0 unspecified atom stereocenters. The van der Waals surface area contributed by atoms with Crippen LogP contribution in [0, 0.1) is 0 Å². The summed E-state index contributed by atoms with van der Waals surface area (Å²) in [6.45, 7) is 2.56. The van der Waals surface area contributed by atoms with Crippen LogP contribution in [0.5, 0.6) is 0 Å². The smallest absolute Gasteiger partial charge is 0.434 e. The second-order valence-corrected chi connectivity index (χ2v) is 2.43. The zero-order valence-electron chi connectivity index (χ0n) is 6.71. The highest BCUT2D eigenvalue weighted by Crippen LogP contribution is 1.99. The van der Waals surface area contributed by atoms with Gasteiger partial charge in [0.2, 0.25) is 0 Å². The van der Waals surface area contributed by atoms with E-state index in [9.17, 15) is 4.79 Å². The molecule has 0 aromatic heterocycles. The summed E-state index contributed by atoms with van der Waals surface area (Å²) in [7, 11) is 0. The molecule has 0 N–H and O–H groups in total. The van der Waals surface area contributed by atoms with Gasteiger partial charge in [0.1, 0.15) is 0 Å². The highest BCUT2D eigenvalue weighted by Gasteiger charge is 1.98. The van der Waals surface area contributed by atoms with Gasteiger partial charge in [0, 0.05) is 12.9 Å². The number of hydrogen-bond donors (Lipinski definition) is 1. The first kappa shape index (κ1) is 10.6. The number of thiol groups is 1. The Hall–Kier alpha value is -0.380. The maximum Gasteiger partial charge on any atom is 0.520 e. The van der Waals surface area contributed by atoms with Crippen molar-refractivity contribution >= 4 is 19.1 Å². The summed E-state index contributed by atoms with van der Waals surface area (Å²) in [4.78, 5) is 10.3. The lowest BCUT2D eigenvalue weighted by Gasteiger charge is -2.00. The van der Waals surface area contributed by atoms with Crippen molar-refractivity contribution in [3.63, 3.8) is 0 Å². The fourth-order valence-electron chi connectivity index (χ4n) is 0.711. The lowest BCUT2D eigenvalue weighted by Crippen LogP contribution is -2.02. The predicted octanol–water partition coefficient (Wildman–Crippen LogP) is 2.56. The van der Waals surface area contributed by atoms with Crippen LogP contribution in [0.1, 0.15) is 32.6 Å². The zero-order valence-corrected chi connectivity index (χ0v) is 7.60. The number of rotatable bonds is 5. The molecule has 0 saturated heterocycles. The maximum absolute atomic E-state index is 10.3. The number of hydrogen-bond acceptors (Lipinski definition) is 4. The highest BCUT2D eigenvalue weighted by molar-refractivity contribution is 7.75. The predicted molar refractivity (Wildman–Crippen MR) is 45.6 cm³/mol. The molecule has 0 aliphatic rings. The molecule has 0 aliphatic carbocycles. The first-order valence-corrected chi connectivity index (χ1v) is 4.16. The second-order valence-electron chi connectivity index (χ2n) is 2.25. The van der Waals surface area contributed by atoms with Crippen molar-refractivity contribution in [3.8, 4) is 0 Å². The third kappa shape index (κ3) is 7.52. The topological polar surface area (TPSA) is 35.5 Å². The molecule has 0 aromatic carbocycles. The Kier molecular flexibility index (Phi) is 7.46. The van der Waals surface area contributed by atoms with Crippen LogP contribution < -0.4 is 0 Å². The lowest BCUT2D eigenvalue weighted by atomic mass is 10.2. The van der Waals surface area contributed by atoms with Gasteiger partial charge >= 0.3 is 6.16 Å². The average molecular weight is 178 g/mol. The number of unbranched alkanes of at least 4 members (excludes halogenated alkanes) is 3. The normalized spacial score (nSPS) is 9.27. The Morgan fingerprint density at radius 2 is 2.09 bits per heavy atom. The molecule has 11 heavy (non-hydrogen) atoms. The summed E-state index contributed by atoms with van der Waals surface area (Å²) in [5.74, 6) is 0. The van der Waals surface area contributed by atoms with E-state index >= 15 is 0 Å². The molecule has 0 atom stereocenters. The van der Waals surface area contributed by atoms with Gasteiger partial charge in [-0.3, -0.25) is 0 Å². The van der Waals surface area contributed by atoms with Gasteiger partial charge in [0.15, 0.2) is 0 Å². The second kappa shape index (κ2) is 7.72. The van der Waals surface area contributed by atoms with Crippen molar-refractivity contribution in [3.05, 3.63) is 0 Å². The van der Waals surface area contributed by atoms with E-state index in [1.807, 2.05) is 0 Å². The largest absolute Gasteiger partial charge is 0.520 e. The minimum absolute atomic E-state index is 0.430. The van der Waals surface area contributed by atoms with E-state index < -0.39 is 6.16 Å². The molecule has 0 saturated carbocycles. The van der Waals surface area contributed by atoms with Gasteiger partial charge in [-0.1, -0.05) is 26.2 Å². The van der Waals surface area contributed by atoms with E-state index in [0.717, 1.165) is 12.8 Å². The van der Waals surface area contributed by atoms with Crippen LogP contribution in [0.2, 0.25) is 0 Å². The van der Waals surface area contributed by atoms with Gasteiger partial charge in [0.05, 0.1) is 6.61 Å². The molecule has 3 nitrogen and oxygen atoms in total. The summed E-state index contributed by atoms with van der Waals surface area (Å²) >= 11 is 3.28. The molecule has 0 bridgehead atoms. The molecule has 0 amide bonds. The van der Waals surface area contributed by atoms with Gasteiger partial charge in [-0.15, -0.1) is 0 Å². The maximum atomic E-state index is 10.3. The van der Waals surface area contributed by atoms with Gasteiger partial charge in [-0.2, -0.15) is 0 Å². The standard InChI is InChI=1S/C7H14O3S/c1-2-3-4-5-6-9-7(8)10-11/h11H,2-6H2,1H3. The monoisotopic (exact) mass is 178 g/mol. The van der Waals surface area contributed by atoms with Crippen molar-refractivity contribution in [2.45, 2.75) is 32.6 Å². The molecule has 0 fully saturated rings. The SMILES string of the molecule is CCCCCCOC(=O)OS. The number of ether oxygens (including phenoxy) is 1. The van der Waals surface area contributed by atoms with E-state index in [1.165, 1.54) is 12.8 Å². The molecule has 0 aromatic rings. The summed E-state index contributed by atoms with van der Waals surface area (Å²) < 4.78 is 8.59. The Morgan fingerprint density at radius 1 is 1.36 bits per heavy atom. The van der Waals surface area contributed by atoms with Crippen molar-refractivity contribution < 1.29 is 13.7 Å². The Labute approximate surface area is 72.7 Å². The van der Waals surface area contributed by atoms with Crippen molar-refractivity contribution in [2.24, 2.45) is 0 Å². The van der Waals surface area contributed by atoms with Gasteiger partial charge in [-0.05, 0) is 6.42 Å². The number of carbonyl (C=O) groups excluding carboxylic acids is 1. The van der Waals surface area contributed by atoms with Gasteiger partial charge in [-0.25, -0.2) is 4.79 Å². The Balaban J connectivity index is 2.95. The molecule has 0 aliphatic heterocycles. The minimum atomic E-state index is -0.718. The van der Waals surface area contributed by atoms with Crippen LogP contribution in [-0.2, 0) is 8.92 Å². The van der Waals surface area contributed by atoms with E-state index in [1.54, 1.807) is 0 Å². The lowest BCUT2D eigenvalue weighted by molar-refractivity contribution is 0.105. The quantitative estimate of drug-likeness (QED) is 0.304. The van der Waals surface area contributed by atoms with Gasteiger partial charge < -0.3 is 8.92 Å². The summed E-state index contributed by atoms with van der Waals surface area (Å²) in [6, 6.07) is 0. The molecule has 0 spiro atoms. The molecule has 0 rings (SSSR count). The van der Waals surface area contributed by atoms with Crippen LogP contribution in [0.4, 0.5) is 4.79 Å². The third-order valence-corrected chi connectivity index (χ3v) is 1.44. The summed E-state index contributed by atoms with van der Waals surface area (Å²) in [5.41, 5.74) is 0. The van der Waals surface area contributed by atoms with E-state index in [4.69, 9.17) is 0 Å². The molecular formula is C7H14O3S. The Morgan fingerprint density at radius 3 is 2.64 bits per heavy atom. The van der Waals surface area contributed by atoms with Crippen LogP contribution in [-0.4, -0.2) is 12.8 Å². The van der Waals surface area contributed by atoms with Crippen molar-refractivity contribution in [2.75, 3.05) is 6.61 Å². The molecular weight excluding hydrogens is 164 g/mol. The molecule has 4 heteroatoms. The molecule has 0 radical (unpaired) electrons. The van der Waals surface area contributed by atoms with Crippen LogP contribution in [0.3, 0.4) is 0 Å². The van der Waals surface area contributed by atoms with Crippen LogP contribution >= 0.6 is 12.9 Å². The average Bonchev–Trinajstić information content (AvgIpc) is 2.04. The fourth-order valence-corrected chi connectivity index (χ4v) is 0.763. The van der Waals surface area contributed by atoms with Crippen molar-refractivity contribution in [1.29, 1.82) is 0 Å². The van der Waals surface area contributed by atoms with Crippen LogP contribution in [0.25, 0.3) is 0 Å². The number of carbonyl (C=O) groups is 1. The molecule has 66 valence electrons. The third-order valence-electron chi connectivity index (χ3n) is 1.29. The summed E-state index contributed by atoms with van der Waals surface area (Å²) in [6.07, 6.45) is 3.63. The first-order valence-electron chi connectivity index (χ1n) is 3.79. The Bertz CT molecular complexity index is 106. The van der Waals surface area contributed by atoms with E-state index in [-0.39, 0.29) is 0 Å². The highest BCUT2D eigenvalue weighted by atomic mass is 32.1. The fraction of sp³-hybridized carbons (Fsp3) is 0.857. The summed E-state index contributed by atoms with van der Waals surface area (Å²) in [5, 5.41) is 0.